The monoisotopic (exact) mass is 383 g/mol. The molecule has 0 aliphatic carbocycles. The SMILES string of the molecule is CC(C)N(CC(=O)O)S(=O)(=O)c1ccc(I)cc1. The molecule has 0 unspecified atom stereocenters. The lowest BCUT2D eigenvalue weighted by molar-refractivity contribution is -0.137. The lowest BCUT2D eigenvalue weighted by Gasteiger charge is -2.24. The minimum absolute atomic E-state index is 0.109. The third kappa shape index (κ3) is 3.66. The molecule has 18 heavy (non-hydrogen) atoms. The predicted octanol–water partition coefficient (Wildman–Crippen LogP) is 1.77. The van der Waals surface area contributed by atoms with Gasteiger partial charge >= 0.3 is 5.97 Å². The Morgan fingerprint density at radius 3 is 2.22 bits per heavy atom. The zero-order valence-electron chi connectivity index (χ0n) is 10.00. The van der Waals surface area contributed by atoms with Crippen LogP contribution >= 0.6 is 22.6 Å². The molecule has 0 bridgehead atoms. The van der Waals surface area contributed by atoms with Gasteiger partial charge in [0, 0.05) is 9.61 Å². The van der Waals surface area contributed by atoms with Gasteiger partial charge in [-0.3, -0.25) is 4.79 Å². The first-order chi connectivity index (χ1) is 8.25. The quantitative estimate of drug-likeness (QED) is 0.787. The Morgan fingerprint density at radius 2 is 1.83 bits per heavy atom. The molecular weight excluding hydrogens is 369 g/mol. The number of carbonyl (C=O) groups is 1. The van der Waals surface area contributed by atoms with E-state index in [1.807, 2.05) is 0 Å². The molecule has 0 saturated carbocycles. The van der Waals surface area contributed by atoms with Crippen molar-refractivity contribution in [3.05, 3.63) is 27.8 Å². The summed E-state index contributed by atoms with van der Waals surface area (Å²) in [6.45, 7) is 2.76. The molecule has 5 nitrogen and oxygen atoms in total. The molecule has 0 spiro atoms. The van der Waals surface area contributed by atoms with Crippen LogP contribution in [0, 0.1) is 3.57 Å². The van der Waals surface area contributed by atoms with Crippen molar-refractivity contribution in [3.8, 4) is 0 Å². The zero-order chi connectivity index (χ0) is 13.9. The molecule has 100 valence electrons. The maximum atomic E-state index is 12.3. The summed E-state index contributed by atoms with van der Waals surface area (Å²) in [5.41, 5.74) is 0. The standard InChI is InChI=1S/C11H14INO4S/c1-8(2)13(7-11(14)15)18(16,17)10-5-3-9(12)4-6-10/h3-6,8H,7H2,1-2H3,(H,14,15). The van der Waals surface area contributed by atoms with Crippen molar-refractivity contribution < 1.29 is 18.3 Å². The van der Waals surface area contributed by atoms with Gasteiger partial charge in [-0.15, -0.1) is 0 Å². The normalized spacial score (nSPS) is 12.1. The first kappa shape index (κ1) is 15.4. The second-order valence-corrected chi connectivity index (χ2v) is 7.13. The summed E-state index contributed by atoms with van der Waals surface area (Å²) in [6.07, 6.45) is 0. The summed E-state index contributed by atoms with van der Waals surface area (Å²) >= 11 is 2.07. The van der Waals surface area contributed by atoms with Crippen molar-refractivity contribution >= 4 is 38.6 Å². The highest BCUT2D eigenvalue weighted by molar-refractivity contribution is 14.1. The first-order valence-corrected chi connectivity index (χ1v) is 7.76. The van der Waals surface area contributed by atoms with Crippen LogP contribution < -0.4 is 0 Å². The van der Waals surface area contributed by atoms with Crippen LogP contribution in [-0.2, 0) is 14.8 Å². The van der Waals surface area contributed by atoms with Gasteiger partial charge in [-0.05, 0) is 60.7 Å². The molecule has 0 aliphatic rings. The van der Waals surface area contributed by atoms with Gasteiger partial charge < -0.3 is 5.11 Å². The van der Waals surface area contributed by atoms with Crippen LogP contribution in [0.5, 0.6) is 0 Å². The van der Waals surface area contributed by atoms with Gasteiger partial charge in [-0.2, -0.15) is 4.31 Å². The maximum absolute atomic E-state index is 12.3. The Morgan fingerprint density at radius 1 is 1.33 bits per heavy atom. The molecule has 7 heteroatoms. The van der Waals surface area contributed by atoms with E-state index < -0.39 is 28.6 Å². The molecular formula is C11H14INO4S. The number of hydrogen-bond donors (Lipinski definition) is 1. The van der Waals surface area contributed by atoms with Crippen molar-refractivity contribution in [2.75, 3.05) is 6.54 Å². The van der Waals surface area contributed by atoms with Gasteiger partial charge in [-0.25, -0.2) is 8.42 Å². The average Bonchev–Trinajstić information content (AvgIpc) is 2.25. The Kier molecular flexibility index (Phi) is 5.11. The smallest absolute Gasteiger partial charge is 0.318 e. The van der Waals surface area contributed by atoms with E-state index in [1.165, 1.54) is 12.1 Å². The maximum Gasteiger partial charge on any atom is 0.318 e. The highest BCUT2D eigenvalue weighted by Crippen LogP contribution is 2.19. The Balaban J connectivity index is 3.16. The van der Waals surface area contributed by atoms with Gasteiger partial charge in [0.15, 0.2) is 0 Å². The number of hydrogen-bond acceptors (Lipinski definition) is 3. The zero-order valence-corrected chi connectivity index (χ0v) is 13.0. The van der Waals surface area contributed by atoms with Gasteiger partial charge in [0.1, 0.15) is 6.54 Å². The topological polar surface area (TPSA) is 74.7 Å². The number of benzene rings is 1. The molecule has 0 atom stereocenters. The van der Waals surface area contributed by atoms with Crippen LogP contribution in [0.3, 0.4) is 0 Å². The lowest BCUT2D eigenvalue weighted by Crippen LogP contribution is -2.40. The predicted molar refractivity (Wildman–Crippen MR) is 75.8 cm³/mol. The van der Waals surface area contributed by atoms with Gasteiger partial charge in [0.25, 0.3) is 0 Å². The summed E-state index contributed by atoms with van der Waals surface area (Å²) in [6, 6.07) is 5.90. The summed E-state index contributed by atoms with van der Waals surface area (Å²) < 4.78 is 26.4. The molecule has 0 radical (unpaired) electrons. The van der Waals surface area contributed by atoms with Crippen molar-refractivity contribution in [2.45, 2.75) is 24.8 Å². The number of aliphatic carboxylic acids is 1. The molecule has 0 heterocycles. The average molecular weight is 383 g/mol. The molecule has 0 aromatic heterocycles. The fourth-order valence-corrected chi connectivity index (χ4v) is 3.37. The molecule has 0 saturated heterocycles. The van der Waals surface area contributed by atoms with Crippen molar-refractivity contribution in [2.24, 2.45) is 0 Å². The minimum Gasteiger partial charge on any atom is -0.480 e. The van der Waals surface area contributed by atoms with E-state index in [-0.39, 0.29) is 4.90 Å². The number of rotatable bonds is 5. The number of nitrogens with zero attached hydrogens (tertiary/aromatic N) is 1. The Labute approximate surface area is 120 Å². The van der Waals surface area contributed by atoms with Crippen LogP contribution in [0.25, 0.3) is 0 Å². The summed E-state index contributed by atoms with van der Waals surface area (Å²) in [5.74, 6) is -1.17. The summed E-state index contributed by atoms with van der Waals surface area (Å²) in [5, 5.41) is 8.78. The van der Waals surface area contributed by atoms with Crippen LogP contribution in [0.1, 0.15) is 13.8 Å². The fourth-order valence-electron chi connectivity index (χ4n) is 1.42. The van der Waals surface area contributed by atoms with Crippen molar-refractivity contribution in [1.82, 2.24) is 4.31 Å². The molecule has 0 fully saturated rings. The number of carboxylic acid groups (broad SMARTS) is 1. The Bertz CT molecular complexity index is 524. The van der Waals surface area contributed by atoms with Crippen molar-refractivity contribution in [1.29, 1.82) is 0 Å². The minimum atomic E-state index is -3.76. The van der Waals surface area contributed by atoms with E-state index in [1.54, 1.807) is 26.0 Å². The third-order valence-electron chi connectivity index (χ3n) is 2.29. The number of carboxylic acids is 1. The van der Waals surface area contributed by atoms with Gasteiger partial charge in [0.2, 0.25) is 10.0 Å². The summed E-state index contributed by atoms with van der Waals surface area (Å²) in [7, 11) is -3.76. The fraction of sp³-hybridized carbons (Fsp3) is 0.364. The first-order valence-electron chi connectivity index (χ1n) is 5.24. The molecule has 1 aromatic rings. The molecule has 0 amide bonds. The van der Waals surface area contributed by atoms with E-state index in [0.717, 1.165) is 7.88 Å². The Hall–Kier alpha value is -0.670. The van der Waals surface area contributed by atoms with Crippen LogP contribution in [-0.4, -0.2) is 36.4 Å². The van der Waals surface area contributed by atoms with E-state index in [2.05, 4.69) is 22.6 Å². The second-order valence-electron chi connectivity index (χ2n) is 3.99. The molecule has 1 rings (SSSR count). The second kappa shape index (κ2) is 5.98. The van der Waals surface area contributed by atoms with Crippen LogP contribution in [0.15, 0.2) is 29.2 Å². The highest BCUT2D eigenvalue weighted by Gasteiger charge is 2.28. The molecule has 1 aromatic carbocycles. The van der Waals surface area contributed by atoms with E-state index in [4.69, 9.17) is 5.11 Å². The largest absolute Gasteiger partial charge is 0.480 e. The third-order valence-corrected chi connectivity index (χ3v) is 5.04. The van der Waals surface area contributed by atoms with Gasteiger partial charge in [-0.1, -0.05) is 0 Å². The van der Waals surface area contributed by atoms with E-state index in [9.17, 15) is 13.2 Å². The van der Waals surface area contributed by atoms with Crippen molar-refractivity contribution in [3.63, 3.8) is 0 Å². The molecule has 0 aliphatic heterocycles. The highest BCUT2D eigenvalue weighted by atomic mass is 127. The summed E-state index contributed by atoms with van der Waals surface area (Å²) in [4.78, 5) is 10.8. The number of halogens is 1. The van der Waals surface area contributed by atoms with E-state index in [0.29, 0.717) is 0 Å². The van der Waals surface area contributed by atoms with Crippen LogP contribution in [0.2, 0.25) is 0 Å². The number of sulfonamides is 1. The molecule has 1 N–H and O–H groups in total. The lowest BCUT2D eigenvalue weighted by atomic mass is 10.4. The van der Waals surface area contributed by atoms with Crippen LogP contribution in [0.4, 0.5) is 0 Å². The van der Waals surface area contributed by atoms with E-state index >= 15 is 0 Å². The van der Waals surface area contributed by atoms with Gasteiger partial charge in [0.05, 0.1) is 4.90 Å².